The Hall–Kier alpha value is -1.66. The topological polar surface area (TPSA) is 33.3 Å². The quantitative estimate of drug-likeness (QED) is 0.754. The van der Waals surface area contributed by atoms with Crippen LogP contribution >= 0.6 is 28.1 Å². The highest BCUT2D eigenvalue weighted by molar-refractivity contribution is 9.10. The predicted octanol–water partition coefficient (Wildman–Crippen LogP) is 4.64. The molecular formula is C16H16BrFN2OS. The van der Waals surface area contributed by atoms with Crippen molar-refractivity contribution in [2.75, 3.05) is 12.4 Å². The molecule has 2 rings (SSSR count). The van der Waals surface area contributed by atoms with Crippen LogP contribution in [0.4, 0.5) is 10.1 Å². The zero-order valence-electron chi connectivity index (χ0n) is 12.2. The molecule has 116 valence electrons. The summed E-state index contributed by atoms with van der Waals surface area (Å²) in [6.45, 7) is 2.01. The maximum atomic E-state index is 12.9. The van der Waals surface area contributed by atoms with Crippen LogP contribution in [-0.2, 0) is 0 Å². The highest BCUT2D eigenvalue weighted by atomic mass is 79.9. The highest BCUT2D eigenvalue weighted by Crippen LogP contribution is 2.28. The first-order chi connectivity index (χ1) is 10.5. The van der Waals surface area contributed by atoms with E-state index in [1.54, 1.807) is 19.2 Å². The fourth-order valence-electron chi connectivity index (χ4n) is 1.93. The number of hydrogen-bond donors (Lipinski definition) is 2. The molecule has 0 aliphatic carbocycles. The third-order valence-corrected chi connectivity index (χ3v) is 3.97. The van der Waals surface area contributed by atoms with Gasteiger partial charge in [-0.1, -0.05) is 6.07 Å². The number of halogens is 2. The van der Waals surface area contributed by atoms with Gasteiger partial charge in [-0.05, 0) is 77.0 Å². The van der Waals surface area contributed by atoms with Gasteiger partial charge in [-0.3, -0.25) is 0 Å². The molecule has 0 saturated heterocycles. The first-order valence-corrected chi connectivity index (χ1v) is 7.86. The zero-order valence-corrected chi connectivity index (χ0v) is 14.6. The molecule has 2 aromatic carbocycles. The Kier molecular flexibility index (Phi) is 5.74. The fraction of sp³-hybridized carbons (Fsp3) is 0.188. The van der Waals surface area contributed by atoms with Gasteiger partial charge in [0.15, 0.2) is 5.11 Å². The van der Waals surface area contributed by atoms with Crippen molar-refractivity contribution in [2.45, 2.75) is 13.0 Å². The number of hydrogen-bond acceptors (Lipinski definition) is 2. The summed E-state index contributed by atoms with van der Waals surface area (Å²) in [6, 6.07) is 11.9. The molecule has 0 radical (unpaired) electrons. The Morgan fingerprint density at radius 3 is 2.50 bits per heavy atom. The van der Waals surface area contributed by atoms with Crippen molar-refractivity contribution in [3.05, 3.63) is 58.3 Å². The number of thiocarbonyl (C=S) groups is 1. The second-order valence-corrected chi connectivity index (χ2v) is 5.98. The molecule has 2 N–H and O–H groups in total. The van der Waals surface area contributed by atoms with Crippen LogP contribution in [0.15, 0.2) is 46.9 Å². The van der Waals surface area contributed by atoms with Crippen LogP contribution in [0.1, 0.15) is 18.5 Å². The lowest BCUT2D eigenvalue weighted by Crippen LogP contribution is -2.30. The standard InChI is InChI=1S/C16H16BrFN2OS/c1-10(11-3-8-15(21-2)14(17)9-11)19-16(22)20-13-6-4-12(18)5-7-13/h3-10H,1-2H3,(H2,19,20,22)/t10-/m1/s1. The Morgan fingerprint density at radius 1 is 1.23 bits per heavy atom. The first kappa shape index (κ1) is 16.7. The van der Waals surface area contributed by atoms with Crippen molar-refractivity contribution in [1.82, 2.24) is 5.32 Å². The summed E-state index contributed by atoms with van der Waals surface area (Å²) in [5, 5.41) is 6.69. The van der Waals surface area contributed by atoms with Crippen molar-refractivity contribution in [2.24, 2.45) is 0 Å². The third kappa shape index (κ3) is 4.42. The molecule has 0 aromatic heterocycles. The molecule has 0 aliphatic heterocycles. The summed E-state index contributed by atoms with van der Waals surface area (Å²) >= 11 is 8.74. The Morgan fingerprint density at radius 2 is 1.91 bits per heavy atom. The third-order valence-electron chi connectivity index (χ3n) is 3.13. The van der Waals surface area contributed by atoms with Gasteiger partial charge in [-0.15, -0.1) is 0 Å². The number of anilines is 1. The fourth-order valence-corrected chi connectivity index (χ4v) is 2.79. The molecule has 0 saturated carbocycles. The van der Waals surface area contributed by atoms with E-state index in [2.05, 4.69) is 26.6 Å². The maximum Gasteiger partial charge on any atom is 0.171 e. The van der Waals surface area contributed by atoms with Gasteiger partial charge in [0, 0.05) is 5.69 Å². The van der Waals surface area contributed by atoms with Crippen molar-refractivity contribution >= 4 is 38.9 Å². The minimum atomic E-state index is -0.277. The van der Waals surface area contributed by atoms with Crippen LogP contribution in [0.5, 0.6) is 5.75 Å². The molecule has 0 fully saturated rings. The van der Waals surface area contributed by atoms with Gasteiger partial charge in [0.2, 0.25) is 0 Å². The summed E-state index contributed by atoms with van der Waals surface area (Å²) in [7, 11) is 1.63. The van der Waals surface area contributed by atoms with E-state index in [-0.39, 0.29) is 11.9 Å². The van der Waals surface area contributed by atoms with E-state index in [1.165, 1.54) is 12.1 Å². The van der Waals surface area contributed by atoms with Gasteiger partial charge in [0.05, 0.1) is 17.6 Å². The molecule has 22 heavy (non-hydrogen) atoms. The Labute approximate surface area is 143 Å². The summed E-state index contributed by atoms with van der Waals surface area (Å²) in [4.78, 5) is 0. The van der Waals surface area contributed by atoms with Crippen molar-refractivity contribution in [3.63, 3.8) is 0 Å². The van der Waals surface area contributed by atoms with Gasteiger partial charge >= 0.3 is 0 Å². The van der Waals surface area contributed by atoms with E-state index in [4.69, 9.17) is 17.0 Å². The Balaban J connectivity index is 1.98. The SMILES string of the molecule is COc1ccc([C@@H](C)NC(=S)Nc2ccc(F)cc2)cc1Br. The number of ether oxygens (including phenoxy) is 1. The van der Waals surface area contributed by atoms with Crippen LogP contribution < -0.4 is 15.4 Å². The molecule has 2 aromatic rings. The Bertz CT molecular complexity index is 664. The minimum absolute atomic E-state index is 0.0163. The van der Waals surface area contributed by atoms with Crippen LogP contribution in [-0.4, -0.2) is 12.2 Å². The van der Waals surface area contributed by atoms with Crippen LogP contribution in [0.2, 0.25) is 0 Å². The maximum absolute atomic E-state index is 12.9. The van der Waals surface area contributed by atoms with E-state index < -0.39 is 0 Å². The van der Waals surface area contributed by atoms with E-state index in [0.29, 0.717) is 5.11 Å². The van der Waals surface area contributed by atoms with E-state index in [9.17, 15) is 4.39 Å². The molecule has 1 atom stereocenters. The summed E-state index contributed by atoms with van der Waals surface area (Å²) in [5.41, 5.74) is 1.80. The molecule has 0 amide bonds. The second kappa shape index (κ2) is 7.56. The van der Waals surface area contributed by atoms with Crippen molar-refractivity contribution < 1.29 is 9.13 Å². The summed E-state index contributed by atoms with van der Waals surface area (Å²) in [6.07, 6.45) is 0. The van der Waals surface area contributed by atoms with Gasteiger partial charge in [0.25, 0.3) is 0 Å². The summed E-state index contributed by atoms with van der Waals surface area (Å²) in [5.74, 6) is 0.504. The monoisotopic (exact) mass is 382 g/mol. The molecule has 0 spiro atoms. The summed E-state index contributed by atoms with van der Waals surface area (Å²) < 4.78 is 19.0. The number of rotatable bonds is 4. The molecular weight excluding hydrogens is 367 g/mol. The lowest BCUT2D eigenvalue weighted by atomic mass is 10.1. The molecule has 0 unspecified atom stereocenters. The highest BCUT2D eigenvalue weighted by Gasteiger charge is 2.10. The molecule has 3 nitrogen and oxygen atoms in total. The smallest absolute Gasteiger partial charge is 0.171 e. The molecule has 6 heteroatoms. The van der Waals surface area contributed by atoms with E-state index in [0.717, 1.165) is 21.5 Å². The largest absolute Gasteiger partial charge is 0.496 e. The minimum Gasteiger partial charge on any atom is -0.496 e. The zero-order chi connectivity index (χ0) is 16.1. The van der Waals surface area contributed by atoms with Gasteiger partial charge in [-0.25, -0.2) is 4.39 Å². The first-order valence-electron chi connectivity index (χ1n) is 6.66. The van der Waals surface area contributed by atoms with Gasteiger partial charge in [-0.2, -0.15) is 0 Å². The lowest BCUT2D eigenvalue weighted by molar-refractivity contribution is 0.412. The van der Waals surface area contributed by atoms with E-state index in [1.807, 2.05) is 25.1 Å². The van der Waals surface area contributed by atoms with Crippen LogP contribution in [0.3, 0.4) is 0 Å². The van der Waals surface area contributed by atoms with Crippen molar-refractivity contribution in [1.29, 1.82) is 0 Å². The van der Waals surface area contributed by atoms with E-state index >= 15 is 0 Å². The lowest BCUT2D eigenvalue weighted by Gasteiger charge is -2.18. The average molecular weight is 383 g/mol. The average Bonchev–Trinajstić information content (AvgIpc) is 2.49. The second-order valence-electron chi connectivity index (χ2n) is 4.72. The van der Waals surface area contributed by atoms with Gasteiger partial charge < -0.3 is 15.4 Å². The predicted molar refractivity (Wildman–Crippen MR) is 94.9 cm³/mol. The number of methoxy groups -OCH3 is 1. The molecule has 0 heterocycles. The van der Waals surface area contributed by atoms with Crippen LogP contribution in [0, 0.1) is 5.82 Å². The van der Waals surface area contributed by atoms with Gasteiger partial charge in [0.1, 0.15) is 11.6 Å². The number of benzene rings is 2. The van der Waals surface area contributed by atoms with Crippen LogP contribution in [0.25, 0.3) is 0 Å². The normalized spacial score (nSPS) is 11.6. The molecule has 0 bridgehead atoms. The molecule has 0 aliphatic rings. The van der Waals surface area contributed by atoms with Crippen molar-refractivity contribution in [3.8, 4) is 5.75 Å². The number of nitrogens with one attached hydrogen (secondary N) is 2.